The number of hydrogen-bond donors (Lipinski definition) is 0. The summed E-state index contributed by atoms with van der Waals surface area (Å²) >= 11 is 0. The van der Waals surface area contributed by atoms with Crippen LogP contribution in [0.3, 0.4) is 0 Å². The summed E-state index contributed by atoms with van der Waals surface area (Å²) in [5.74, 6) is 0.709. The lowest BCUT2D eigenvalue weighted by Crippen LogP contribution is -2.45. The Balaban J connectivity index is 1.40. The van der Waals surface area contributed by atoms with Crippen LogP contribution < -0.4 is 0 Å². The third kappa shape index (κ3) is 3.70. The first-order chi connectivity index (χ1) is 12.2. The first-order valence-electron chi connectivity index (χ1n) is 8.57. The van der Waals surface area contributed by atoms with Crippen LogP contribution in [0.15, 0.2) is 41.1 Å². The Morgan fingerprint density at radius 3 is 2.56 bits per heavy atom. The van der Waals surface area contributed by atoms with E-state index < -0.39 is 0 Å². The fraction of sp³-hybridized carbons (Fsp3) is 0.368. The highest BCUT2D eigenvalue weighted by Gasteiger charge is 2.19. The van der Waals surface area contributed by atoms with E-state index in [0.29, 0.717) is 0 Å². The van der Waals surface area contributed by atoms with E-state index in [1.807, 2.05) is 25.1 Å². The molecule has 1 saturated heterocycles. The summed E-state index contributed by atoms with van der Waals surface area (Å²) in [6.45, 7) is 7.25. The summed E-state index contributed by atoms with van der Waals surface area (Å²) < 4.78 is 19.2. The summed E-state index contributed by atoms with van der Waals surface area (Å²) in [6, 6.07) is 8.89. The molecule has 0 radical (unpaired) electrons. The van der Waals surface area contributed by atoms with Crippen molar-refractivity contribution in [2.45, 2.75) is 20.0 Å². The van der Waals surface area contributed by atoms with Gasteiger partial charge in [0, 0.05) is 50.4 Å². The van der Waals surface area contributed by atoms with Crippen LogP contribution in [0, 0.1) is 12.7 Å². The Morgan fingerprint density at radius 2 is 1.84 bits per heavy atom. The molecular weight excluding hydrogens is 319 g/mol. The van der Waals surface area contributed by atoms with Gasteiger partial charge in [-0.05, 0) is 30.7 Å². The van der Waals surface area contributed by atoms with Crippen molar-refractivity contribution < 1.29 is 8.91 Å². The van der Waals surface area contributed by atoms with E-state index in [9.17, 15) is 4.39 Å². The van der Waals surface area contributed by atoms with Gasteiger partial charge in [0.15, 0.2) is 5.76 Å². The molecule has 130 valence electrons. The van der Waals surface area contributed by atoms with E-state index in [-0.39, 0.29) is 5.82 Å². The van der Waals surface area contributed by atoms with E-state index in [1.54, 1.807) is 18.3 Å². The van der Waals surface area contributed by atoms with Crippen molar-refractivity contribution in [3.8, 4) is 0 Å². The standard InChI is InChI=1S/C19H21FN4O/c1-14-9-18(25-22-14)13-24-7-5-23(6-8-24)12-16-11-17(20)10-15-3-2-4-21-19(15)16/h2-4,9-11H,5-8,12-13H2,1H3. The Bertz CT molecular complexity index is 871. The van der Waals surface area contributed by atoms with E-state index in [0.717, 1.165) is 67.2 Å². The molecule has 1 aliphatic rings. The average Bonchev–Trinajstić information content (AvgIpc) is 3.01. The number of aryl methyl sites for hydroxylation is 1. The zero-order chi connectivity index (χ0) is 17.2. The smallest absolute Gasteiger partial charge is 0.150 e. The van der Waals surface area contributed by atoms with Crippen molar-refractivity contribution in [3.05, 3.63) is 59.4 Å². The number of hydrogen-bond acceptors (Lipinski definition) is 5. The number of benzene rings is 1. The molecule has 0 unspecified atom stereocenters. The predicted octanol–water partition coefficient (Wildman–Crippen LogP) is 2.99. The van der Waals surface area contributed by atoms with Gasteiger partial charge in [-0.15, -0.1) is 0 Å². The van der Waals surface area contributed by atoms with Gasteiger partial charge in [-0.25, -0.2) is 4.39 Å². The van der Waals surface area contributed by atoms with Gasteiger partial charge in [-0.3, -0.25) is 14.8 Å². The number of pyridine rings is 1. The summed E-state index contributed by atoms with van der Waals surface area (Å²) in [7, 11) is 0. The zero-order valence-electron chi connectivity index (χ0n) is 14.3. The maximum absolute atomic E-state index is 13.9. The number of aromatic nitrogens is 2. The molecule has 3 aromatic rings. The highest BCUT2D eigenvalue weighted by molar-refractivity contribution is 5.81. The van der Waals surface area contributed by atoms with Gasteiger partial charge in [0.05, 0.1) is 17.8 Å². The SMILES string of the molecule is Cc1cc(CN2CCN(Cc3cc(F)cc4cccnc34)CC2)on1. The molecule has 1 aromatic carbocycles. The summed E-state index contributed by atoms with van der Waals surface area (Å²) in [4.78, 5) is 9.15. The van der Waals surface area contributed by atoms with Crippen molar-refractivity contribution in [1.29, 1.82) is 0 Å². The van der Waals surface area contributed by atoms with Crippen molar-refractivity contribution >= 4 is 10.9 Å². The minimum atomic E-state index is -0.199. The Hall–Kier alpha value is -2.31. The zero-order valence-corrected chi connectivity index (χ0v) is 14.3. The molecule has 0 bridgehead atoms. The number of rotatable bonds is 4. The van der Waals surface area contributed by atoms with Crippen molar-refractivity contribution in [2.24, 2.45) is 0 Å². The number of piperazine rings is 1. The van der Waals surface area contributed by atoms with Gasteiger partial charge < -0.3 is 4.52 Å². The van der Waals surface area contributed by atoms with Crippen molar-refractivity contribution in [2.75, 3.05) is 26.2 Å². The quantitative estimate of drug-likeness (QED) is 0.731. The number of nitrogens with zero attached hydrogens (tertiary/aromatic N) is 4. The lowest BCUT2D eigenvalue weighted by Gasteiger charge is -2.34. The second kappa shape index (κ2) is 6.90. The fourth-order valence-electron chi connectivity index (χ4n) is 3.41. The van der Waals surface area contributed by atoms with Gasteiger partial charge >= 0.3 is 0 Å². The van der Waals surface area contributed by atoms with Crippen molar-refractivity contribution in [3.63, 3.8) is 0 Å². The molecule has 4 rings (SSSR count). The molecule has 1 aliphatic heterocycles. The Labute approximate surface area is 146 Å². The number of halogens is 1. The van der Waals surface area contributed by atoms with Gasteiger partial charge in [0.1, 0.15) is 5.82 Å². The third-order valence-electron chi connectivity index (χ3n) is 4.66. The lowest BCUT2D eigenvalue weighted by atomic mass is 10.1. The van der Waals surface area contributed by atoms with Crippen LogP contribution in [-0.2, 0) is 13.1 Å². The Morgan fingerprint density at radius 1 is 1.08 bits per heavy atom. The molecule has 2 aromatic heterocycles. The highest BCUT2D eigenvalue weighted by atomic mass is 19.1. The van der Waals surface area contributed by atoms with Crippen LogP contribution in [0.4, 0.5) is 4.39 Å². The molecule has 0 amide bonds. The van der Waals surface area contributed by atoms with Crippen molar-refractivity contribution in [1.82, 2.24) is 19.9 Å². The second-order valence-corrected chi connectivity index (χ2v) is 6.63. The monoisotopic (exact) mass is 340 g/mol. The van der Waals surface area contributed by atoms with Gasteiger partial charge in [0.25, 0.3) is 0 Å². The summed E-state index contributed by atoms with van der Waals surface area (Å²) in [5, 5.41) is 4.79. The number of fused-ring (bicyclic) bond motifs is 1. The van der Waals surface area contributed by atoms with E-state index in [4.69, 9.17) is 4.52 Å². The molecule has 0 N–H and O–H groups in total. The normalized spacial score (nSPS) is 16.6. The van der Waals surface area contributed by atoms with Crippen LogP contribution in [0.5, 0.6) is 0 Å². The molecule has 5 nitrogen and oxygen atoms in total. The molecule has 0 spiro atoms. The minimum Gasteiger partial charge on any atom is -0.360 e. The maximum atomic E-state index is 13.9. The van der Waals surface area contributed by atoms with Gasteiger partial charge in [-0.1, -0.05) is 11.2 Å². The highest BCUT2D eigenvalue weighted by Crippen LogP contribution is 2.21. The van der Waals surface area contributed by atoms with E-state index >= 15 is 0 Å². The third-order valence-corrected chi connectivity index (χ3v) is 4.66. The van der Waals surface area contributed by atoms with Crippen LogP contribution in [-0.4, -0.2) is 46.1 Å². The van der Waals surface area contributed by atoms with Gasteiger partial charge in [0.2, 0.25) is 0 Å². The predicted molar refractivity (Wildman–Crippen MR) is 93.5 cm³/mol. The topological polar surface area (TPSA) is 45.4 Å². The van der Waals surface area contributed by atoms with E-state index in [1.165, 1.54) is 0 Å². The molecule has 0 saturated carbocycles. The van der Waals surface area contributed by atoms with Gasteiger partial charge in [-0.2, -0.15) is 0 Å². The lowest BCUT2D eigenvalue weighted by molar-refractivity contribution is 0.114. The Kier molecular flexibility index (Phi) is 4.46. The largest absolute Gasteiger partial charge is 0.360 e. The molecule has 25 heavy (non-hydrogen) atoms. The summed E-state index contributed by atoms with van der Waals surface area (Å²) in [6.07, 6.45) is 1.76. The molecule has 0 atom stereocenters. The molecule has 0 aliphatic carbocycles. The average molecular weight is 340 g/mol. The van der Waals surface area contributed by atoms with E-state index in [2.05, 4.69) is 19.9 Å². The molecule has 6 heteroatoms. The molecule has 3 heterocycles. The second-order valence-electron chi connectivity index (χ2n) is 6.63. The molecule has 1 fully saturated rings. The first kappa shape index (κ1) is 16.2. The fourth-order valence-corrected chi connectivity index (χ4v) is 3.41. The van der Waals surface area contributed by atoms with Crippen LogP contribution in [0.1, 0.15) is 17.0 Å². The van der Waals surface area contributed by atoms with Crippen LogP contribution in [0.25, 0.3) is 10.9 Å². The van der Waals surface area contributed by atoms with Crippen LogP contribution >= 0.6 is 0 Å². The molecular formula is C19H21FN4O. The minimum absolute atomic E-state index is 0.199. The summed E-state index contributed by atoms with van der Waals surface area (Å²) in [5.41, 5.74) is 2.76. The maximum Gasteiger partial charge on any atom is 0.150 e. The first-order valence-corrected chi connectivity index (χ1v) is 8.57. The van der Waals surface area contributed by atoms with Crippen LogP contribution in [0.2, 0.25) is 0 Å².